The zero-order valence-corrected chi connectivity index (χ0v) is 13.7. The highest BCUT2D eigenvalue weighted by Gasteiger charge is 2.17. The first-order valence-corrected chi connectivity index (χ1v) is 7.04. The van der Waals surface area contributed by atoms with Crippen molar-refractivity contribution in [3.63, 3.8) is 0 Å². The van der Waals surface area contributed by atoms with Crippen molar-refractivity contribution in [2.75, 3.05) is 32.4 Å². The van der Waals surface area contributed by atoms with Crippen LogP contribution in [-0.4, -0.2) is 27.2 Å². The van der Waals surface area contributed by atoms with Gasteiger partial charge in [-0.15, -0.1) is 0 Å². The zero-order chi connectivity index (χ0) is 17.0. The molecule has 0 aliphatic heterocycles. The number of anilines is 2. The molecule has 0 radical (unpaired) electrons. The molecule has 0 heterocycles. The molecule has 1 amide bonds. The van der Waals surface area contributed by atoms with Gasteiger partial charge in [-0.25, -0.2) is 0 Å². The summed E-state index contributed by atoms with van der Waals surface area (Å²) in [4.78, 5) is 12.5. The summed E-state index contributed by atoms with van der Waals surface area (Å²) in [5.41, 5.74) is 6.95. The Morgan fingerprint density at radius 1 is 1.04 bits per heavy atom. The molecule has 2 aromatic carbocycles. The first kappa shape index (κ1) is 16.8. The maximum atomic E-state index is 12.5. The number of hydrogen-bond acceptors (Lipinski definition) is 5. The van der Waals surface area contributed by atoms with Gasteiger partial charge in [0.2, 0.25) is 5.75 Å². The van der Waals surface area contributed by atoms with Crippen molar-refractivity contribution in [3.8, 4) is 17.2 Å². The SMILES string of the molecule is COc1cc(C(=O)Nc2cc(N)ccc2Cl)cc(OC)c1OC. The van der Waals surface area contributed by atoms with Crippen molar-refractivity contribution in [1.29, 1.82) is 0 Å². The van der Waals surface area contributed by atoms with Crippen molar-refractivity contribution in [1.82, 2.24) is 0 Å². The minimum absolute atomic E-state index is 0.331. The van der Waals surface area contributed by atoms with Gasteiger partial charge >= 0.3 is 0 Å². The molecule has 0 spiro atoms. The molecule has 122 valence electrons. The van der Waals surface area contributed by atoms with Crippen molar-refractivity contribution in [3.05, 3.63) is 40.9 Å². The molecular weight excluding hydrogens is 320 g/mol. The van der Waals surface area contributed by atoms with E-state index in [-0.39, 0.29) is 5.91 Å². The van der Waals surface area contributed by atoms with Crippen LogP contribution in [0.3, 0.4) is 0 Å². The molecule has 23 heavy (non-hydrogen) atoms. The Hall–Kier alpha value is -2.60. The van der Waals surface area contributed by atoms with Crippen LogP contribution in [0, 0.1) is 0 Å². The monoisotopic (exact) mass is 336 g/mol. The van der Waals surface area contributed by atoms with E-state index in [1.54, 1.807) is 30.3 Å². The maximum Gasteiger partial charge on any atom is 0.255 e. The smallest absolute Gasteiger partial charge is 0.255 e. The van der Waals surface area contributed by atoms with Gasteiger partial charge in [0.05, 0.1) is 32.0 Å². The number of amides is 1. The van der Waals surface area contributed by atoms with Crippen LogP contribution in [0.5, 0.6) is 17.2 Å². The van der Waals surface area contributed by atoms with E-state index in [1.165, 1.54) is 21.3 Å². The van der Waals surface area contributed by atoms with Gasteiger partial charge in [0.1, 0.15) is 0 Å². The van der Waals surface area contributed by atoms with Gasteiger partial charge in [0, 0.05) is 11.3 Å². The number of nitrogen functional groups attached to an aromatic ring is 1. The predicted octanol–water partition coefficient (Wildman–Crippen LogP) is 3.20. The van der Waals surface area contributed by atoms with Gasteiger partial charge in [0.25, 0.3) is 5.91 Å². The van der Waals surface area contributed by atoms with E-state index in [0.717, 1.165) is 0 Å². The Morgan fingerprint density at radius 2 is 1.65 bits per heavy atom. The molecule has 0 bridgehead atoms. The molecule has 0 unspecified atom stereocenters. The van der Waals surface area contributed by atoms with E-state index < -0.39 is 0 Å². The number of nitrogens with two attached hydrogens (primary N) is 1. The molecule has 0 aromatic heterocycles. The second kappa shape index (κ2) is 7.11. The minimum atomic E-state index is -0.378. The van der Waals surface area contributed by atoms with E-state index in [9.17, 15) is 4.79 Å². The second-order valence-corrected chi connectivity index (χ2v) is 5.01. The fourth-order valence-corrected chi connectivity index (χ4v) is 2.21. The summed E-state index contributed by atoms with van der Waals surface area (Å²) in [5.74, 6) is 0.802. The van der Waals surface area contributed by atoms with Crippen LogP contribution in [0.15, 0.2) is 30.3 Å². The third-order valence-electron chi connectivity index (χ3n) is 3.17. The molecule has 3 N–H and O–H groups in total. The number of nitrogens with one attached hydrogen (secondary N) is 1. The van der Waals surface area contributed by atoms with Crippen LogP contribution in [0.4, 0.5) is 11.4 Å². The van der Waals surface area contributed by atoms with Crippen LogP contribution < -0.4 is 25.3 Å². The van der Waals surface area contributed by atoms with E-state index in [2.05, 4.69) is 5.32 Å². The zero-order valence-electron chi connectivity index (χ0n) is 13.0. The Labute approximate surface area is 139 Å². The van der Waals surface area contributed by atoms with E-state index in [4.69, 9.17) is 31.5 Å². The van der Waals surface area contributed by atoms with E-state index >= 15 is 0 Å². The summed E-state index contributed by atoms with van der Waals surface area (Å²) in [5, 5.41) is 3.09. The lowest BCUT2D eigenvalue weighted by Gasteiger charge is -2.14. The standard InChI is InChI=1S/C16H17ClN2O4/c1-21-13-6-9(7-14(22-2)15(13)23-3)16(20)19-12-8-10(18)4-5-11(12)17/h4-8H,18H2,1-3H3,(H,19,20). The van der Waals surface area contributed by atoms with Gasteiger partial charge in [-0.3, -0.25) is 4.79 Å². The average Bonchev–Trinajstić information content (AvgIpc) is 2.56. The van der Waals surface area contributed by atoms with Crippen molar-refractivity contribution in [2.45, 2.75) is 0 Å². The number of carbonyl (C=O) groups excluding carboxylic acids is 1. The predicted molar refractivity (Wildman–Crippen MR) is 89.9 cm³/mol. The number of hydrogen-bond donors (Lipinski definition) is 2. The Morgan fingerprint density at radius 3 is 2.17 bits per heavy atom. The van der Waals surface area contributed by atoms with Crippen molar-refractivity contribution in [2.24, 2.45) is 0 Å². The van der Waals surface area contributed by atoms with Crippen LogP contribution in [0.25, 0.3) is 0 Å². The number of methoxy groups -OCH3 is 3. The van der Waals surface area contributed by atoms with Gasteiger partial charge in [0.15, 0.2) is 11.5 Å². The molecule has 2 rings (SSSR count). The van der Waals surface area contributed by atoms with Crippen molar-refractivity contribution < 1.29 is 19.0 Å². The quantitative estimate of drug-likeness (QED) is 0.819. The molecule has 6 nitrogen and oxygen atoms in total. The second-order valence-electron chi connectivity index (χ2n) is 4.61. The van der Waals surface area contributed by atoms with Gasteiger partial charge < -0.3 is 25.3 Å². The highest BCUT2D eigenvalue weighted by Crippen LogP contribution is 2.38. The van der Waals surface area contributed by atoms with Crippen LogP contribution in [-0.2, 0) is 0 Å². The minimum Gasteiger partial charge on any atom is -0.493 e. The molecule has 0 fully saturated rings. The molecule has 0 saturated carbocycles. The largest absolute Gasteiger partial charge is 0.493 e. The first-order chi connectivity index (χ1) is 11.0. The topological polar surface area (TPSA) is 82.8 Å². The van der Waals surface area contributed by atoms with Crippen LogP contribution in [0.2, 0.25) is 5.02 Å². The molecule has 2 aromatic rings. The average molecular weight is 337 g/mol. The van der Waals surface area contributed by atoms with Gasteiger partial charge in [-0.2, -0.15) is 0 Å². The molecule has 0 aliphatic rings. The summed E-state index contributed by atoms with van der Waals surface area (Å²) >= 11 is 6.05. The molecule has 7 heteroatoms. The molecule has 0 aliphatic carbocycles. The Bertz CT molecular complexity index is 709. The highest BCUT2D eigenvalue weighted by molar-refractivity contribution is 6.34. The highest BCUT2D eigenvalue weighted by atomic mass is 35.5. The Kier molecular flexibility index (Phi) is 5.18. The van der Waals surface area contributed by atoms with E-state index in [1.807, 2.05) is 0 Å². The molecule has 0 atom stereocenters. The lowest BCUT2D eigenvalue weighted by molar-refractivity contribution is 0.102. The Balaban J connectivity index is 2.37. The lowest BCUT2D eigenvalue weighted by Crippen LogP contribution is -2.13. The fraction of sp³-hybridized carbons (Fsp3) is 0.188. The number of halogens is 1. The van der Waals surface area contributed by atoms with Crippen LogP contribution in [0.1, 0.15) is 10.4 Å². The number of carbonyl (C=O) groups is 1. The number of benzene rings is 2. The summed E-state index contributed by atoms with van der Waals surface area (Å²) in [6.45, 7) is 0. The first-order valence-electron chi connectivity index (χ1n) is 6.66. The normalized spacial score (nSPS) is 10.1. The summed E-state index contributed by atoms with van der Waals surface area (Å²) in [6, 6.07) is 7.95. The number of ether oxygens (including phenoxy) is 3. The molecular formula is C16H17ClN2O4. The third-order valence-corrected chi connectivity index (χ3v) is 3.50. The maximum absolute atomic E-state index is 12.5. The fourth-order valence-electron chi connectivity index (χ4n) is 2.05. The lowest BCUT2D eigenvalue weighted by atomic mass is 10.1. The van der Waals surface area contributed by atoms with Gasteiger partial charge in [-0.05, 0) is 30.3 Å². The van der Waals surface area contributed by atoms with E-state index in [0.29, 0.717) is 39.2 Å². The van der Waals surface area contributed by atoms with Gasteiger partial charge in [-0.1, -0.05) is 11.6 Å². The molecule has 0 saturated heterocycles. The summed E-state index contributed by atoms with van der Waals surface area (Å²) in [7, 11) is 4.45. The third kappa shape index (κ3) is 3.60. The summed E-state index contributed by atoms with van der Waals surface area (Å²) < 4.78 is 15.7. The van der Waals surface area contributed by atoms with Crippen molar-refractivity contribution >= 4 is 28.9 Å². The summed E-state index contributed by atoms with van der Waals surface area (Å²) in [6.07, 6.45) is 0. The van der Waals surface area contributed by atoms with Crippen LogP contribution >= 0.6 is 11.6 Å². The number of rotatable bonds is 5.